The molecule has 0 heterocycles. The Labute approximate surface area is 73.8 Å². The van der Waals surface area contributed by atoms with Gasteiger partial charge in [-0.15, -0.1) is 17.2 Å². The van der Waals surface area contributed by atoms with Crippen molar-refractivity contribution < 1.29 is 18.9 Å². The maximum atomic E-state index is 6.83. The van der Waals surface area contributed by atoms with Gasteiger partial charge in [-0.1, -0.05) is 25.1 Å². The molecule has 0 saturated heterocycles. The molecule has 0 amide bonds. The summed E-state index contributed by atoms with van der Waals surface area (Å²) in [5, 5.41) is 0. The first-order valence-electron chi connectivity index (χ1n) is 2.83. The predicted molar refractivity (Wildman–Crippen MR) is 37.4 cm³/mol. The summed E-state index contributed by atoms with van der Waals surface area (Å²) in [7, 11) is 0. The monoisotopic (exact) mass is 122 g/mol. The van der Waals surface area contributed by atoms with E-state index in [-0.39, 0.29) is 18.9 Å². The summed E-state index contributed by atoms with van der Waals surface area (Å²) in [6.07, 6.45) is 6.83. The van der Waals surface area contributed by atoms with Gasteiger partial charge in [-0.2, -0.15) is 0 Å². The zero-order valence-corrected chi connectivity index (χ0v) is 6.31. The minimum atomic E-state index is 0. The van der Waals surface area contributed by atoms with E-state index in [0.29, 0.717) is 0 Å². The van der Waals surface area contributed by atoms with Crippen LogP contribution in [0.2, 0.25) is 0 Å². The molecule has 10 heavy (non-hydrogen) atoms. The van der Waals surface area contributed by atoms with Crippen molar-refractivity contribution in [1.29, 1.82) is 0 Å². The standard InChI is InChI=1S/C9H7.Li/c1-3-9-7-5-4-6-8(9)2;/h4-7H,2H3;/q-1;+1. The smallest absolute Gasteiger partial charge is 0.366 e. The molecule has 0 radical (unpaired) electrons. The molecule has 0 aromatic heterocycles. The molecule has 0 aliphatic rings. The molecule has 1 rings (SSSR count). The Morgan fingerprint density at radius 1 is 1.30 bits per heavy atom. The molecule has 0 spiro atoms. The van der Waals surface area contributed by atoms with Gasteiger partial charge >= 0.3 is 18.9 Å². The van der Waals surface area contributed by atoms with Crippen LogP contribution in [-0.2, 0) is 0 Å². The van der Waals surface area contributed by atoms with Crippen molar-refractivity contribution in [1.82, 2.24) is 0 Å². The second-order valence-electron chi connectivity index (χ2n) is 1.94. The van der Waals surface area contributed by atoms with Crippen LogP contribution < -0.4 is 18.9 Å². The van der Waals surface area contributed by atoms with Crippen molar-refractivity contribution >= 4 is 0 Å². The van der Waals surface area contributed by atoms with Crippen molar-refractivity contribution in [2.45, 2.75) is 6.92 Å². The molecule has 44 valence electrons. The van der Waals surface area contributed by atoms with Gasteiger partial charge in [-0.05, 0) is 0 Å². The fraction of sp³-hybridized carbons (Fsp3) is 0.111. The van der Waals surface area contributed by atoms with Crippen molar-refractivity contribution in [3.05, 3.63) is 41.8 Å². The van der Waals surface area contributed by atoms with Crippen LogP contribution >= 0.6 is 0 Å². The van der Waals surface area contributed by atoms with E-state index in [1.54, 1.807) is 0 Å². The molecule has 1 heteroatoms. The summed E-state index contributed by atoms with van der Waals surface area (Å²) >= 11 is 0. The third-order valence-electron chi connectivity index (χ3n) is 1.28. The van der Waals surface area contributed by atoms with Gasteiger partial charge in [0, 0.05) is 0 Å². The zero-order valence-electron chi connectivity index (χ0n) is 6.31. The Balaban J connectivity index is 0.000000810. The van der Waals surface area contributed by atoms with E-state index in [0.717, 1.165) is 11.1 Å². The van der Waals surface area contributed by atoms with Crippen LogP contribution in [-0.4, -0.2) is 0 Å². The Morgan fingerprint density at radius 2 is 1.90 bits per heavy atom. The van der Waals surface area contributed by atoms with Crippen LogP contribution in [0.3, 0.4) is 0 Å². The van der Waals surface area contributed by atoms with Crippen LogP contribution in [0.4, 0.5) is 0 Å². The minimum Gasteiger partial charge on any atom is -0.366 e. The first-order chi connectivity index (χ1) is 4.34. The molecular weight excluding hydrogens is 115 g/mol. The summed E-state index contributed by atoms with van der Waals surface area (Å²) in [5.74, 6) is 2.35. The average molecular weight is 122 g/mol. The van der Waals surface area contributed by atoms with E-state index < -0.39 is 0 Å². The molecular formula is C9H7Li. The van der Waals surface area contributed by atoms with E-state index in [4.69, 9.17) is 6.42 Å². The normalized spacial score (nSPS) is 7.60. The summed E-state index contributed by atoms with van der Waals surface area (Å²) in [6, 6.07) is 7.71. The van der Waals surface area contributed by atoms with Crippen molar-refractivity contribution in [3.8, 4) is 5.92 Å². The average Bonchev–Trinajstić information content (AvgIpc) is 1.89. The van der Waals surface area contributed by atoms with E-state index in [9.17, 15) is 0 Å². The molecule has 0 saturated carbocycles. The first-order valence-corrected chi connectivity index (χ1v) is 2.83. The summed E-state index contributed by atoms with van der Waals surface area (Å²) < 4.78 is 0. The number of rotatable bonds is 0. The molecule has 0 aliphatic carbocycles. The van der Waals surface area contributed by atoms with E-state index in [2.05, 4.69) is 5.92 Å². The molecule has 0 atom stereocenters. The second-order valence-corrected chi connectivity index (χ2v) is 1.94. The molecule has 0 nitrogen and oxygen atoms in total. The van der Waals surface area contributed by atoms with Crippen molar-refractivity contribution in [2.75, 3.05) is 0 Å². The van der Waals surface area contributed by atoms with E-state index in [1.165, 1.54) is 0 Å². The Hall–Kier alpha value is -0.623. The fourth-order valence-corrected chi connectivity index (χ4v) is 0.713. The fourth-order valence-electron chi connectivity index (χ4n) is 0.713. The molecule has 1 aromatic carbocycles. The van der Waals surface area contributed by atoms with Gasteiger partial charge in [0.1, 0.15) is 0 Å². The maximum absolute atomic E-state index is 6.83. The van der Waals surface area contributed by atoms with Gasteiger partial charge in [-0.25, -0.2) is 0 Å². The topological polar surface area (TPSA) is 0 Å². The first kappa shape index (κ1) is 9.38. The van der Waals surface area contributed by atoms with E-state index >= 15 is 0 Å². The van der Waals surface area contributed by atoms with Crippen molar-refractivity contribution in [3.63, 3.8) is 0 Å². The molecule has 0 unspecified atom stereocenters. The maximum Gasteiger partial charge on any atom is 1.00 e. The Morgan fingerprint density at radius 3 is 2.30 bits per heavy atom. The van der Waals surface area contributed by atoms with Crippen molar-refractivity contribution in [2.24, 2.45) is 0 Å². The predicted octanol–water partition coefficient (Wildman–Crippen LogP) is -1.06. The third kappa shape index (κ3) is 1.96. The SMILES string of the molecule is [C-]#Cc1ccccc1C.[Li+]. The quantitative estimate of drug-likeness (QED) is 0.234. The van der Waals surface area contributed by atoms with Crippen LogP contribution in [0.15, 0.2) is 24.3 Å². The number of hydrogen-bond donors (Lipinski definition) is 0. The van der Waals surface area contributed by atoms with Crippen LogP contribution in [0.25, 0.3) is 0 Å². The second kappa shape index (κ2) is 4.23. The molecule has 0 fully saturated rings. The van der Waals surface area contributed by atoms with Gasteiger partial charge < -0.3 is 6.42 Å². The zero-order chi connectivity index (χ0) is 6.69. The van der Waals surface area contributed by atoms with Crippen LogP contribution in [0, 0.1) is 19.3 Å². The minimum absolute atomic E-state index is 0. The Kier molecular flexibility index (Phi) is 3.97. The van der Waals surface area contributed by atoms with Crippen LogP contribution in [0.1, 0.15) is 11.1 Å². The molecule has 0 bridgehead atoms. The van der Waals surface area contributed by atoms with Gasteiger partial charge in [0.15, 0.2) is 0 Å². The molecule has 1 aromatic rings. The molecule has 0 aliphatic heterocycles. The number of aryl methyl sites for hydroxylation is 1. The van der Waals surface area contributed by atoms with Gasteiger partial charge in [0.25, 0.3) is 0 Å². The van der Waals surface area contributed by atoms with Gasteiger partial charge in [0.05, 0.1) is 0 Å². The third-order valence-corrected chi connectivity index (χ3v) is 1.28. The number of hydrogen-bond acceptors (Lipinski definition) is 0. The summed E-state index contributed by atoms with van der Waals surface area (Å²) in [5.41, 5.74) is 1.98. The summed E-state index contributed by atoms with van der Waals surface area (Å²) in [4.78, 5) is 0. The number of benzene rings is 1. The summed E-state index contributed by atoms with van der Waals surface area (Å²) in [6.45, 7) is 1.97. The molecule has 0 N–H and O–H groups in total. The Bertz CT molecular complexity index is 245. The van der Waals surface area contributed by atoms with E-state index in [1.807, 2.05) is 31.2 Å². The van der Waals surface area contributed by atoms with Gasteiger partial charge in [0.2, 0.25) is 0 Å². The van der Waals surface area contributed by atoms with Crippen LogP contribution in [0.5, 0.6) is 0 Å². The largest absolute Gasteiger partial charge is 1.00 e. The van der Waals surface area contributed by atoms with Gasteiger partial charge in [-0.3, -0.25) is 5.92 Å².